The summed E-state index contributed by atoms with van der Waals surface area (Å²) in [5.74, 6) is -1.41. The first-order chi connectivity index (χ1) is 15.0. The second-order valence-electron chi connectivity index (χ2n) is 6.92. The van der Waals surface area contributed by atoms with Crippen LogP contribution in [0.25, 0.3) is 0 Å². The number of carbonyl (C=O) groups is 2. The first kappa shape index (κ1) is 25.5. The molecule has 2 aromatic rings. The largest absolute Gasteiger partial charge is 0.350 e. The Morgan fingerprint density at radius 1 is 0.812 bits per heavy atom. The molecule has 0 bridgehead atoms. The van der Waals surface area contributed by atoms with Gasteiger partial charge in [-0.05, 0) is 37.2 Å². The van der Waals surface area contributed by atoms with Gasteiger partial charge in [-0.15, -0.1) is 0 Å². The number of rotatable bonds is 11. The Balaban J connectivity index is 1.81. The molecule has 32 heavy (non-hydrogen) atoms. The van der Waals surface area contributed by atoms with Gasteiger partial charge in [0.2, 0.25) is 31.9 Å². The summed E-state index contributed by atoms with van der Waals surface area (Å²) in [4.78, 5) is 24.0. The van der Waals surface area contributed by atoms with E-state index in [9.17, 15) is 26.4 Å². The van der Waals surface area contributed by atoms with Crippen molar-refractivity contribution in [2.45, 2.75) is 24.1 Å². The van der Waals surface area contributed by atoms with Crippen LogP contribution in [-0.4, -0.2) is 48.8 Å². The first-order valence-corrected chi connectivity index (χ1v) is 12.7. The zero-order valence-electron chi connectivity index (χ0n) is 17.7. The molecule has 0 heterocycles. The van der Waals surface area contributed by atoms with Gasteiger partial charge in [0, 0.05) is 6.54 Å². The van der Waals surface area contributed by atoms with Crippen molar-refractivity contribution >= 4 is 31.9 Å². The molecule has 0 aliphatic heterocycles. The Bertz CT molecular complexity index is 1160. The predicted molar refractivity (Wildman–Crippen MR) is 119 cm³/mol. The maximum atomic E-state index is 12.2. The number of hydrogen-bond acceptors (Lipinski definition) is 6. The summed E-state index contributed by atoms with van der Waals surface area (Å²) in [6.45, 7) is 1.02. The minimum Gasteiger partial charge on any atom is -0.350 e. The van der Waals surface area contributed by atoms with Gasteiger partial charge in [0.25, 0.3) is 0 Å². The summed E-state index contributed by atoms with van der Waals surface area (Å²) in [5.41, 5.74) is 2.06. The molecule has 0 spiro atoms. The quantitative estimate of drug-likeness (QED) is 0.347. The molecular formula is C20H26N4O6S2. The highest BCUT2D eigenvalue weighted by molar-refractivity contribution is 7.89. The van der Waals surface area contributed by atoms with E-state index in [-0.39, 0.29) is 23.7 Å². The fraction of sp³-hybridized carbons (Fsp3) is 0.300. The molecule has 12 heteroatoms. The first-order valence-electron chi connectivity index (χ1n) is 9.60. The summed E-state index contributed by atoms with van der Waals surface area (Å²) >= 11 is 0. The summed E-state index contributed by atoms with van der Waals surface area (Å²) in [5, 5.41) is 4.92. The molecule has 0 saturated carbocycles. The van der Waals surface area contributed by atoms with Crippen molar-refractivity contribution < 1.29 is 26.4 Å². The summed E-state index contributed by atoms with van der Waals surface area (Å²) in [6.07, 6.45) is 0. The molecule has 2 rings (SSSR count). The molecule has 2 aromatic carbocycles. The second-order valence-corrected chi connectivity index (χ2v) is 10.6. The maximum Gasteiger partial charge on any atom is 0.241 e. The number of nitrogens with one attached hydrogen (secondary N) is 4. The van der Waals surface area contributed by atoms with Gasteiger partial charge in [-0.3, -0.25) is 9.59 Å². The topological polar surface area (TPSA) is 151 Å². The lowest BCUT2D eigenvalue weighted by Crippen LogP contribution is -2.41. The van der Waals surface area contributed by atoms with E-state index < -0.39 is 38.4 Å². The zero-order valence-corrected chi connectivity index (χ0v) is 19.3. The van der Waals surface area contributed by atoms with E-state index in [2.05, 4.69) is 20.1 Å². The van der Waals surface area contributed by atoms with Gasteiger partial charge in [0.1, 0.15) is 0 Å². The number of aryl methyl sites for hydroxylation is 1. The van der Waals surface area contributed by atoms with Crippen LogP contribution in [-0.2, 0) is 41.9 Å². The van der Waals surface area contributed by atoms with Crippen molar-refractivity contribution in [2.24, 2.45) is 0 Å². The highest BCUT2D eigenvalue weighted by Crippen LogP contribution is 2.12. The number of hydrogen-bond donors (Lipinski definition) is 4. The number of benzene rings is 2. The number of sulfonamides is 2. The Hall–Kier alpha value is -2.80. The maximum absolute atomic E-state index is 12.2. The Kier molecular flexibility index (Phi) is 8.89. The molecule has 0 aromatic heterocycles. The van der Waals surface area contributed by atoms with Gasteiger partial charge in [-0.1, -0.05) is 42.0 Å². The van der Waals surface area contributed by atoms with E-state index in [4.69, 9.17) is 0 Å². The van der Waals surface area contributed by atoms with Crippen molar-refractivity contribution in [3.8, 4) is 0 Å². The average molecular weight is 483 g/mol. The average Bonchev–Trinajstić information content (AvgIpc) is 2.76. The van der Waals surface area contributed by atoms with Crippen LogP contribution in [0.1, 0.15) is 16.7 Å². The molecule has 10 nitrogen and oxygen atoms in total. The molecule has 0 aliphatic rings. The van der Waals surface area contributed by atoms with Gasteiger partial charge in [0.15, 0.2) is 0 Å². The molecule has 0 unspecified atom stereocenters. The van der Waals surface area contributed by atoms with Crippen LogP contribution >= 0.6 is 0 Å². The zero-order chi connectivity index (χ0) is 23.8. The lowest BCUT2D eigenvalue weighted by atomic mass is 10.1. The SMILES string of the molecule is CNS(=O)(=O)Cc1ccccc1CNC(=O)CNC(=O)CNS(=O)(=O)c1ccc(C)cc1. The van der Waals surface area contributed by atoms with Crippen molar-refractivity contribution in [3.05, 3.63) is 65.2 Å². The number of amides is 2. The van der Waals surface area contributed by atoms with E-state index in [0.29, 0.717) is 11.1 Å². The molecular weight excluding hydrogens is 456 g/mol. The van der Waals surface area contributed by atoms with Crippen molar-refractivity contribution in [3.63, 3.8) is 0 Å². The Morgan fingerprint density at radius 3 is 2.03 bits per heavy atom. The van der Waals surface area contributed by atoms with Crippen molar-refractivity contribution in [1.82, 2.24) is 20.1 Å². The highest BCUT2D eigenvalue weighted by atomic mass is 32.2. The molecule has 0 fully saturated rings. The Morgan fingerprint density at radius 2 is 1.41 bits per heavy atom. The number of carbonyl (C=O) groups excluding carboxylic acids is 2. The smallest absolute Gasteiger partial charge is 0.241 e. The highest BCUT2D eigenvalue weighted by Gasteiger charge is 2.16. The van der Waals surface area contributed by atoms with Gasteiger partial charge in [0.05, 0.1) is 23.7 Å². The van der Waals surface area contributed by atoms with Crippen molar-refractivity contribution in [1.29, 1.82) is 0 Å². The minimum absolute atomic E-state index is 0.0348. The second kappa shape index (κ2) is 11.2. The van der Waals surface area contributed by atoms with E-state index in [1.54, 1.807) is 36.4 Å². The van der Waals surface area contributed by atoms with E-state index in [0.717, 1.165) is 5.56 Å². The Labute approximate surface area is 187 Å². The molecule has 0 aliphatic carbocycles. The summed E-state index contributed by atoms with van der Waals surface area (Å²) in [7, 11) is -5.99. The van der Waals surface area contributed by atoms with Crippen LogP contribution in [0.2, 0.25) is 0 Å². The van der Waals surface area contributed by atoms with Crippen LogP contribution in [0.4, 0.5) is 0 Å². The van der Waals surface area contributed by atoms with E-state index >= 15 is 0 Å². The molecule has 0 radical (unpaired) electrons. The lowest BCUT2D eigenvalue weighted by Gasteiger charge is -2.12. The van der Waals surface area contributed by atoms with Gasteiger partial charge in [-0.2, -0.15) is 0 Å². The summed E-state index contributed by atoms with van der Waals surface area (Å²) < 4.78 is 52.3. The predicted octanol–water partition coefficient (Wildman–Crippen LogP) is -0.245. The van der Waals surface area contributed by atoms with E-state index in [1.807, 2.05) is 6.92 Å². The third-order valence-electron chi connectivity index (χ3n) is 4.45. The van der Waals surface area contributed by atoms with Crippen molar-refractivity contribution in [2.75, 3.05) is 20.1 Å². The van der Waals surface area contributed by atoms with E-state index in [1.165, 1.54) is 19.2 Å². The lowest BCUT2D eigenvalue weighted by molar-refractivity contribution is -0.125. The van der Waals surface area contributed by atoms with Crippen LogP contribution in [0.3, 0.4) is 0 Å². The van der Waals surface area contributed by atoms with Crippen LogP contribution < -0.4 is 20.1 Å². The van der Waals surface area contributed by atoms with Crippen LogP contribution in [0, 0.1) is 6.92 Å². The monoisotopic (exact) mass is 482 g/mol. The standard InChI is InChI=1S/C20H26N4O6S2/c1-15-7-9-18(10-8-15)32(29,30)24-13-20(26)23-12-19(25)22-11-16-5-3-4-6-17(16)14-31(27,28)21-2/h3-10,21,24H,11-14H2,1-2H3,(H,22,25)(H,23,26). The molecule has 174 valence electrons. The molecule has 0 atom stereocenters. The van der Waals surface area contributed by atoms with Gasteiger partial charge < -0.3 is 10.6 Å². The van der Waals surface area contributed by atoms with Gasteiger partial charge >= 0.3 is 0 Å². The normalized spacial score (nSPS) is 11.7. The molecule has 2 amide bonds. The van der Waals surface area contributed by atoms with Gasteiger partial charge in [-0.25, -0.2) is 26.3 Å². The fourth-order valence-electron chi connectivity index (χ4n) is 2.61. The molecule has 0 saturated heterocycles. The van der Waals surface area contributed by atoms with Crippen LogP contribution in [0.5, 0.6) is 0 Å². The molecule has 4 N–H and O–H groups in total. The minimum atomic E-state index is -3.84. The third-order valence-corrected chi connectivity index (χ3v) is 7.18. The summed E-state index contributed by atoms with van der Waals surface area (Å²) in [6, 6.07) is 12.9. The fourth-order valence-corrected chi connectivity index (χ4v) is 4.42. The van der Waals surface area contributed by atoms with Crippen LogP contribution in [0.15, 0.2) is 53.4 Å². The third kappa shape index (κ3) is 8.04.